The van der Waals surface area contributed by atoms with E-state index in [1.165, 1.54) is 63.1 Å². The zero-order valence-corrected chi connectivity index (χ0v) is 86.9. The zero-order valence-electron chi connectivity index (χ0n) is 86.2. The molecule has 34 heteroatoms. The van der Waals surface area contributed by atoms with Crippen LogP contribution in [0.25, 0.3) is 0 Å². The summed E-state index contributed by atoms with van der Waals surface area (Å²) in [5.74, 6) is -4.52. The normalized spacial score (nSPS) is 12.9. The lowest BCUT2D eigenvalue weighted by molar-refractivity contribution is -0.149. The monoisotopic (exact) mass is 2070 g/mol. The Labute approximate surface area is 874 Å². The highest BCUT2D eigenvalue weighted by Crippen LogP contribution is 2.42. The molecule has 0 aliphatic carbocycles. The molecule has 3 aromatic heterocycles. The summed E-state index contributed by atoms with van der Waals surface area (Å²) in [5, 5.41) is 4.09. The number of esters is 5. The lowest BCUT2D eigenvalue weighted by Crippen LogP contribution is -2.33. The topological polar surface area (TPSA) is 420 Å². The summed E-state index contributed by atoms with van der Waals surface area (Å²) in [5.41, 5.74) is 15.4. The summed E-state index contributed by atoms with van der Waals surface area (Å²) in [6.45, 7) is 16.0. The molecule has 3 unspecified atom stereocenters. The maximum atomic E-state index is 13.7. The molecule has 3 aliphatic rings. The average molecular weight is 2070 g/mol. The summed E-state index contributed by atoms with van der Waals surface area (Å²) < 4.78 is 68.4. The molecule has 0 saturated heterocycles. The van der Waals surface area contributed by atoms with E-state index in [2.05, 4.69) is 39.6 Å². The molecule has 0 bridgehead atoms. The van der Waals surface area contributed by atoms with Crippen LogP contribution < -0.4 is 61.1 Å². The van der Waals surface area contributed by atoms with E-state index >= 15 is 0 Å². The number of para-hydroxylation sites is 3. The van der Waals surface area contributed by atoms with Crippen molar-refractivity contribution in [3.8, 4) is 34.5 Å². The maximum Gasteiger partial charge on any atom is 0.391 e. The van der Waals surface area contributed by atoms with Gasteiger partial charge >= 0.3 is 35.1 Å². The highest BCUT2D eigenvalue weighted by molar-refractivity contribution is 6.80. The summed E-state index contributed by atoms with van der Waals surface area (Å²) in [7, 11) is 10.3. The van der Waals surface area contributed by atoms with Crippen molar-refractivity contribution in [2.45, 2.75) is 132 Å². The number of pyridine rings is 2. The highest BCUT2D eigenvalue weighted by Gasteiger charge is 2.35. The Balaban J connectivity index is 0.000000210. The molecule has 786 valence electrons. The molecule has 3 aliphatic heterocycles. The van der Waals surface area contributed by atoms with Crippen LogP contribution in [0.4, 0.5) is 0 Å². The van der Waals surface area contributed by atoms with Crippen LogP contribution >= 0.6 is 11.6 Å². The van der Waals surface area contributed by atoms with Gasteiger partial charge in [-0.15, -0.1) is 0 Å². The van der Waals surface area contributed by atoms with E-state index in [4.69, 9.17) is 69.1 Å². The number of carbonyl (C=O) groups is 11. The number of hydrogen-bond donors (Lipinski definition) is 3. The summed E-state index contributed by atoms with van der Waals surface area (Å²) >= 11 is 4.69. The number of aromatic nitrogens is 2. The molecule has 0 spiro atoms. The largest absolute Gasteiger partial charge is 0.489 e. The van der Waals surface area contributed by atoms with Gasteiger partial charge in [0, 0.05) is 128 Å². The van der Waals surface area contributed by atoms with Crippen LogP contribution in [-0.4, -0.2) is 165 Å². The molecule has 0 fully saturated rings. The van der Waals surface area contributed by atoms with Crippen LogP contribution in [0.2, 0.25) is 0 Å². The molecule has 0 saturated carbocycles. The second-order valence-electron chi connectivity index (χ2n) is 33.6. The van der Waals surface area contributed by atoms with Crippen LogP contribution in [0, 0.1) is 0 Å². The van der Waals surface area contributed by atoms with Gasteiger partial charge < -0.3 is 91.8 Å². The Hall–Kier alpha value is -17.1. The van der Waals surface area contributed by atoms with Crippen LogP contribution in [0.3, 0.4) is 0 Å². The average Bonchev–Trinajstić information content (AvgIpc) is 1.28. The first-order valence-electron chi connectivity index (χ1n) is 48.4. The van der Waals surface area contributed by atoms with Crippen molar-refractivity contribution >= 4 is 75.9 Å². The van der Waals surface area contributed by atoms with Crippen molar-refractivity contribution in [3.05, 3.63) is 411 Å². The van der Waals surface area contributed by atoms with Crippen molar-refractivity contribution in [1.82, 2.24) is 29.6 Å². The number of nitrogens with zero attached hydrogens (tertiary/aromatic N) is 4. The van der Waals surface area contributed by atoms with E-state index in [-0.39, 0.29) is 152 Å². The molecule has 150 heavy (non-hydrogen) atoms. The zero-order chi connectivity index (χ0) is 109. The molecular formula is C116H124ClN7O26. The lowest BCUT2D eigenvalue weighted by atomic mass is 9.88. The highest BCUT2D eigenvalue weighted by atomic mass is 35.5. The smallest absolute Gasteiger partial charge is 0.391 e. The van der Waals surface area contributed by atoms with E-state index in [9.17, 15) is 67.1 Å². The van der Waals surface area contributed by atoms with Gasteiger partial charge in [0.2, 0.25) is 22.0 Å². The Kier molecular flexibility index (Phi) is 46.2. The standard InChI is InChI=1S/C33H31NO7.C31H29N3O5.C18H18O7.C15H15NO.C9H15NO2.C6H11NO.C4H5ClO3/c1-3-38-32(36)27-19-34(18-26-24-15-9-8-14-23(24)21-40-28-17-11-10-16-25(26)28)29(33(37)39-4-2)31(30(27)35)41-20-22-12-6-5-7-13-22;1-32-30(36)25-17-34(27(31(37)33-2)29(28(25)35)39-18-20-10-4-3-5-11-20)16-24-22-13-7-6-12-21(22)19-38-26-15-9-8-14-23(24)26;1-3-22-17(20)13-11-25-16(18(21)23-4-2)15(14(13)19)24-10-12-8-6-5-7-9-12;16-9-14-12-6-2-1-5-11(12)10-17-15-8-4-3-7-13(14)15;1-5-9(12)8(7(2)11)6-10(3)4;1-6(8)4-5-7(2)3;1-2-8-4(7)3(5)6/h5-17,19,26H,3-4,18,20-21H2,1-2H3;3-15,17,24H,16,18-19H2,1-2H3,(H,32,36)(H,33,37);5-9,11H,3-4,10H2,1-2H3;1-8,14H,9-10,16H2;6H,5H2,1-4H3;4-5H,1-3H3;2H2,1H3/b;;;;8-6-;5-4+;. The number of nitrogens with one attached hydrogen (secondary N) is 2. The number of ketones is 3. The SMILES string of the molecule is CC(=O)/C=C/N(C)C.CCC(=O)/C(=C\N(C)C)C(C)=O.CCOC(=O)C(=O)Cl.CCOC(=O)c1cn(CC2c3ccccc3COc3ccccc32)c(C(=O)OCC)c(OCc2ccccc2)c1=O.CCOC(=O)c1occ(C(=O)OCC)c(=O)c1OCc1ccccc1.CNC(=O)c1cn(CC2c3ccccc3COc3ccccc32)c(C(=O)NC)c(OCc2ccccc2)c1=O.NCC1c2ccccc2COc2ccccc21. The van der Waals surface area contributed by atoms with Gasteiger partial charge in [-0.1, -0.05) is 225 Å². The molecule has 2 amide bonds. The molecule has 0 radical (unpaired) electrons. The number of amides is 2. The number of Topliss-reactive ketones (excluding diaryl/α,β-unsaturated/α-hetero) is 2. The fourth-order valence-corrected chi connectivity index (χ4v) is 15.7. The van der Waals surface area contributed by atoms with Crippen LogP contribution in [0.5, 0.6) is 34.5 Å². The number of fused-ring (bicyclic) bond motifs is 6. The van der Waals surface area contributed by atoms with Gasteiger partial charge in [0.15, 0.2) is 40.2 Å². The van der Waals surface area contributed by atoms with E-state index in [0.717, 1.165) is 73.6 Å². The van der Waals surface area contributed by atoms with Crippen LogP contribution in [0.1, 0.15) is 209 Å². The Morgan fingerprint density at radius 3 is 1.15 bits per heavy atom. The molecule has 15 rings (SSSR count). The third kappa shape index (κ3) is 32.7. The first-order valence-corrected chi connectivity index (χ1v) is 48.7. The Morgan fingerprint density at radius 1 is 0.413 bits per heavy atom. The molecule has 6 heterocycles. The number of rotatable bonds is 32. The predicted molar refractivity (Wildman–Crippen MR) is 564 cm³/mol. The fraction of sp³-hybridized carbons (Fsp3) is 0.276. The van der Waals surface area contributed by atoms with E-state index < -0.39 is 68.9 Å². The molecule has 12 aromatic rings. The van der Waals surface area contributed by atoms with Gasteiger partial charge in [-0.05, 0) is 134 Å². The molecule has 3 atom stereocenters. The Bertz CT molecular complexity index is 6800. The summed E-state index contributed by atoms with van der Waals surface area (Å²) in [6.07, 6.45) is 8.88. The van der Waals surface area contributed by atoms with Crippen LogP contribution in [0.15, 0.2) is 298 Å². The van der Waals surface area contributed by atoms with Gasteiger partial charge in [0.25, 0.3) is 17.6 Å². The van der Waals surface area contributed by atoms with Gasteiger partial charge in [0.05, 0.1) is 38.6 Å². The van der Waals surface area contributed by atoms with Crippen molar-refractivity contribution < 1.29 is 109 Å². The minimum atomic E-state index is -1.08. The van der Waals surface area contributed by atoms with Crippen molar-refractivity contribution in [2.75, 3.05) is 81.9 Å². The van der Waals surface area contributed by atoms with Gasteiger partial charge in [-0.2, -0.15) is 0 Å². The number of carbonyl (C=O) groups excluding carboxylic acids is 11. The van der Waals surface area contributed by atoms with Crippen molar-refractivity contribution in [1.29, 1.82) is 0 Å². The predicted octanol–water partition coefficient (Wildman–Crippen LogP) is 16.6. The Morgan fingerprint density at radius 2 is 0.767 bits per heavy atom. The minimum Gasteiger partial charge on any atom is -0.489 e. The number of halogens is 1. The number of ether oxygens (including phenoxy) is 11. The number of benzene rings is 9. The van der Waals surface area contributed by atoms with E-state index in [1.807, 2.05) is 219 Å². The van der Waals surface area contributed by atoms with E-state index in [1.54, 1.807) is 94.2 Å². The summed E-state index contributed by atoms with van der Waals surface area (Å²) in [6, 6.07) is 75.6. The molecular weight excluding hydrogens is 1940 g/mol. The lowest BCUT2D eigenvalue weighted by Gasteiger charge is -2.24. The first-order chi connectivity index (χ1) is 72.3. The third-order valence-electron chi connectivity index (χ3n) is 22.7. The number of hydrogen-bond acceptors (Lipinski definition) is 29. The first kappa shape index (κ1) is 116. The van der Waals surface area contributed by atoms with Gasteiger partial charge in [-0.25, -0.2) is 24.0 Å². The van der Waals surface area contributed by atoms with Gasteiger partial charge in [-0.3, -0.25) is 43.2 Å². The molecule has 9 aromatic carbocycles. The van der Waals surface area contributed by atoms with Crippen molar-refractivity contribution in [2.24, 2.45) is 5.73 Å². The second-order valence-corrected chi connectivity index (χ2v) is 33.9. The maximum absolute atomic E-state index is 13.7. The fourth-order valence-electron chi connectivity index (χ4n) is 15.7. The quantitative estimate of drug-likeness (QED) is 0.00670. The summed E-state index contributed by atoms with van der Waals surface area (Å²) in [4.78, 5) is 172. The third-order valence-corrected chi connectivity index (χ3v) is 22.8. The van der Waals surface area contributed by atoms with Crippen LogP contribution in [-0.2, 0) is 100 Å². The number of allylic oxidation sites excluding steroid dienone is 2. The minimum absolute atomic E-state index is 0.0116. The van der Waals surface area contributed by atoms with E-state index in [0.29, 0.717) is 32.8 Å². The van der Waals surface area contributed by atoms with Gasteiger partial charge in [0.1, 0.15) is 79.8 Å². The molecule has 33 nitrogen and oxygen atoms in total. The number of nitrogens with two attached hydrogens (primary N) is 1. The molecule has 4 N–H and O–H groups in total. The van der Waals surface area contributed by atoms with Crippen molar-refractivity contribution in [3.63, 3.8) is 0 Å². The second kappa shape index (κ2) is 59.5.